The first-order valence-corrected chi connectivity index (χ1v) is 5.67. The minimum atomic E-state index is 0.0960. The minimum Gasteiger partial charge on any atom is -0.330 e. The van der Waals surface area contributed by atoms with Gasteiger partial charge in [-0.1, -0.05) is 6.07 Å². The SMILES string of the molecule is Cc1ccc(C#N)cc1N1CC(CN)CC1=O. The van der Waals surface area contributed by atoms with Gasteiger partial charge in [0.15, 0.2) is 0 Å². The van der Waals surface area contributed by atoms with Gasteiger partial charge in [-0.05, 0) is 37.1 Å². The van der Waals surface area contributed by atoms with E-state index in [-0.39, 0.29) is 11.8 Å². The number of hydrogen-bond acceptors (Lipinski definition) is 3. The first kappa shape index (κ1) is 11.6. The molecule has 17 heavy (non-hydrogen) atoms. The molecule has 0 spiro atoms. The summed E-state index contributed by atoms with van der Waals surface area (Å²) in [7, 11) is 0. The van der Waals surface area contributed by atoms with E-state index in [1.807, 2.05) is 13.0 Å². The van der Waals surface area contributed by atoms with Crippen molar-refractivity contribution in [2.24, 2.45) is 11.7 Å². The summed E-state index contributed by atoms with van der Waals surface area (Å²) in [5.74, 6) is 0.325. The monoisotopic (exact) mass is 229 g/mol. The zero-order valence-electron chi connectivity index (χ0n) is 9.81. The van der Waals surface area contributed by atoms with Crippen LogP contribution in [0.5, 0.6) is 0 Å². The van der Waals surface area contributed by atoms with Crippen LogP contribution in [-0.2, 0) is 4.79 Å². The zero-order chi connectivity index (χ0) is 12.4. The molecule has 1 amide bonds. The molecule has 1 aliphatic heterocycles. The lowest BCUT2D eigenvalue weighted by Gasteiger charge is -2.19. The van der Waals surface area contributed by atoms with Crippen LogP contribution in [-0.4, -0.2) is 19.0 Å². The third-order valence-corrected chi connectivity index (χ3v) is 3.17. The molecule has 1 saturated heterocycles. The van der Waals surface area contributed by atoms with Gasteiger partial charge in [-0.3, -0.25) is 4.79 Å². The molecule has 1 fully saturated rings. The summed E-state index contributed by atoms with van der Waals surface area (Å²) in [6.45, 7) is 3.13. The molecule has 2 rings (SSSR count). The molecule has 2 N–H and O–H groups in total. The second-order valence-corrected chi connectivity index (χ2v) is 4.42. The summed E-state index contributed by atoms with van der Waals surface area (Å²) in [6, 6.07) is 7.50. The highest BCUT2D eigenvalue weighted by Gasteiger charge is 2.30. The molecule has 1 unspecified atom stereocenters. The van der Waals surface area contributed by atoms with Crippen molar-refractivity contribution in [3.05, 3.63) is 29.3 Å². The fourth-order valence-corrected chi connectivity index (χ4v) is 2.14. The zero-order valence-corrected chi connectivity index (χ0v) is 9.81. The van der Waals surface area contributed by atoms with Crippen LogP contribution in [0.4, 0.5) is 5.69 Å². The predicted molar refractivity (Wildman–Crippen MR) is 65.4 cm³/mol. The van der Waals surface area contributed by atoms with E-state index >= 15 is 0 Å². The molecule has 1 aromatic rings. The largest absolute Gasteiger partial charge is 0.330 e. The standard InChI is InChI=1S/C13H15N3O/c1-9-2-3-10(6-14)4-12(9)16-8-11(7-15)5-13(16)17/h2-4,11H,5,7-8,15H2,1H3. The molecule has 0 bridgehead atoms. The lowest BCUT2D eigenvalue weighted by atomic mass is 10.1. The summed E-state index contributed by atoms with van der Waals surface area (Å²) >= 11 is 0. The normalized spacial score (nSPS) is 19.5. The van der Waals surface area contributed by atoms with Gasteiger partial charge in [0.1, 0.15) is 0 Å². The van der Waals surface area contributed by atoms with Crippen LogP contribution < -0.4 is 10.6 Å². The average molecular weight is 229 g/mol. The Bertz CT molecular complexity index is 490. The first-order valence-electron chi connectivity index (χ1n) is 5.67. The molecule has 88 valence electrons. The Labute approximate surface area is 101 Å². The summed E-state index contributed by atoms with van der Waals surface area (Å²) in [5.41, 5.74) is 8.02. The van der Waals surface area contributed by atoms with E-state index in [4.69, 9.17) is 11.0 Å². The number of hydrogen-bond donors (Lipinski definition) is 1. The molecular formula is C13H15N3O. The number of anilines is 1. The summed E-state index contributed by atoms with van der Waals surface area (Å²) in [4.78, 5) is 13.6. The van der Waals surface area contributed by atoms with E-state index in [2.05, 4.69) is 6.07 Å². The van der Waals surface area contributed by atoms with E-state index in [0.29, 0.717) is 25.1 Å². The van der Waals surface area contributed by atoms with Crippen molar-refractivity contribution < 1.29 is 4.79 Å². The second kappa shape index (κ2) is 4.56. The molecular weight excluding hydrogens is 214 g/mol. The van der Waals surface area contributed by atoms with Crippen LogP contribution >= 0.6 is 0 Å². The molecule has 1 atom stereocenters. The number of amides is 1. The van der Waals surface area contributed by atoms with Gasteiger partial charge in [-0.2, -0.15) is 5.26 Å². The maximum Gasteiger partial charge on any atom is 0.227 e. The van der Waals surface area contributed by atoms with Gasteiger partial charge in [0.05, 0.1) is 11.6 Å². The Balaban J connectivity index is 2.34. The Hall–Kier alpha value is -1.86. The third-order valence-electron chi connectivity index (χ3n) is 3.17. The maximum absolute atomic E-state index is 11.9. The Morgan fingerprint density at radius 2 is 2.35 bits per heavy atom. The van der Waals surface area contributed by atoms with Crippen molar-refractivity contribution >= 4 is 11.6 Å². The van der Waals surface area contributed by atoms with Crippen LogP contribution in [0.3, 0.4) is 0 Å². The second-order valence-electron chi connectivity index (χ2n) is 4.42. The van der Waals surface area contributed by atoms with Crippen molar-refractivity contribution in [3.63, 3.8) is 0 Å². The molecule has 0 saturated carbocycles. The van der Waals surface area contributed by atoms with Crippen LogP contribution in [0.15, 0.2) is 18.2 Å². The highest BCUT2D eigenvalue weighted by atomic mass is 16.2. The van der Waals surface area contributed by atoms with Crippen LogP contribution in [0.25, 0.3) is 0 Å². The first-order chi connectivity index (χ1) is 8.15. The highest BCUT2D eigenvalue weighted by Crippen LogP contribution is 2.28. The number of nitrogens with two attached hydrogens (primary N) is 1. The van der Waals surface area contributed by atoms with E-state index in [1.165, 1.54) is 0 Å². The molecule has 1 heterocycles. The summed E-state index contributed by atoms with van der Waals surface area (Å²) in [6.07, 6.45) is 0.507. The quantitative estimate of drug-likeness (QED) is 0.827. The number of nitriles is 1. The van der Waals surface area contributed by atoms with Crippen molar-refractivity contribution in [2.75, 3.05) is 18.0 Å². The van der Waals surface area contributed by atoms with Gasteiger partial charge in [0.2, 0.25) is 5.91 Å². The van der Waals surface area contributed by atoms with Crippen molar-refractivity contribution in [1.29, 1.82) is 5.26 Å². The predicted octanol–water partition coefficient (Wildman–Crippen LogP) is 1.18. The molecule has 0 radical (unpaired) electrons. The maximum atomic E-state index is 11.9. The molecule has 1 aromatic carbocycles. The van der Waals surface area contributed by atoms with Gasteiger partial charge in [0, 0.05) is 18.7 Å². The Morgan fingerprint density at radius 3 is 2.94 bits per heavy atom. The lowest BCUT2D eigenvalue weighted by Crippen LogP contribution is -2.26. The average Bonchev–Trinajstić information content (AvgIpc) is 2.71. The van der Waals surface area contributed by atoms with Crippen LogP contribution in [0.1, 0.15) is 17.5 Å². The van der Waals surface area contributed by atoms with E-state index in [9.17, 15) is 4.79 Å². The Morgan fingerprint density at radius 1 is 1.59 bits per heavy atom. The van der Waals surface area contributed by atoms with Crippen LogP contribution in [0.2, 0.25) is 0 Å². The van der Waals surface area contributed by atoms with Gasteiger partial charge >= 0.3 is 0 Å². The fourth-order valence-electron chi connectivity index (χ4n) is 2.14. The number of carbonyl (C=O) groups is 1. The number of aryl methyl sites for hydroxylation is 1. The number of nitrogens with zero attached hydrogens (tertiary/aromatic N) is 2. The number of benzene rings is 1. The van der Waals surface area contributed by atoms with Crippen molar-refractivity contribution in [3.8, 4) is 6.07 Å². The van der Waals surface area contributed by atoms with Crippen molar-refractivity contribution in [1.82, 2.24) is 0 Å². The van der Waals surface area contributed by atoms with Gasteiger partial charge < -0.3 is 10.6 Å². The third kappa shape index (κ3) is 2.15. The topological polar surface area (TPSA) is 70.1 Å². The molecule has 0 aliphatic carbocycles. The fraction of sp³-hybridized carbons (Fsp3) is 0.385. The minimum absolute atomic E-state index is 0.0960. The van der Waals surface area contributed by atoms with Crippen molar-refractivity contribution in [2.45, 2.75) is 13.3 Å². The smallest absolute Gasteiger partial charge is 0.227 e. The van der Waals surface area contributed by atoms with E-state index < -0.39 is 0 Å². The van der Waals surface area contributed by atoms with E-state index in [0.717, 1.165) is 11.3 Å². The van der Waals surface area contributed by atoms with Gasteiger partial charge in [-0.15, -0.1) is 0 Å². The Kier molecular flexibility index (Phi) is 3.12. The molecule has 4 heteroatoms. The van der Waals surface area contributed by atoms with Gasteiger partial charge in [-0.25, -0.2) is 0 Å². The molecule has 0 aromatic heterocycles. The molecule has 4 nitrogen and oxygen atoms in total. The summed E-state index contributed by atoms with van der Waals surface area (Å²) in [5, 5.41) is 8.89. The number of carbonyl (C=O) groups excluding carboxylic acids is 1. The lowest BCUT2D eigenvalue weighted by molar-refractivity contribution is -0.117. The van der Waals surface area contributed by atoms with E-state index in [1.54, 1.807) is 17.0 Å². The van der Waals surface area contributed by atoms with Crippen LogP contribution in [0, 0.1) is 24.2 Å². The number of rotatable bonds is 2. The van der Waals surface area contributed by atoms with Gasteiger partial charge in [0.25, 0.3) is 0 Å². The summed E-state index contributed by atoms with van der Waals surface area (Å²) < 4.78 is 0. The molecule has 1 aliphatic rings. The highest BCUT2D eigenvalue weighted by molar-refractivity contribution is 5.96.